The van der Waals surface area contributed by atoms with E-state index in [-0.39, 0.29) is 25.0 Å². The second kappa shape index (κ2) is 16.5. The number of benzene rings is 5. The molecular formula is C43H45NO6. The fraction of sp³-hybridized carbons (Fsp3) is 0.279. The molecule has 0 fully saturated rings. The Bertz CT molecular complexity index is 1730. The zero-order valence-electron chi connectivity index (χ0n) is 28.7. The number of unbranched alkanes of at least 4 members (excludes halogenated alkanes) is 1. The molecule has 50 heavy (non-hydrogen) atoms. The number of methoxy groups -OCH3 is 2. The van der Waals surface area contributed by atoms with Gasteiger partial charge < -0.3 is 29.4 Å². The summed E-state index contributed by atoms with van der Waals surface area (Å²) in [4.78, 5) is 12.7. The van der Waals surface area contributed by atoms with Gasteiger partial charge in [0.25, 0.3) is 0 Å². The molecule has 1 aliphatic carbocycles. The number of fused-ring (bicyclic) bond motifs is 3. The Hall–Kier alpha value is -5.11. The standard InChI is InChI=1S/C43H45NO6/c1-47-35-23-19-33(20-24-35)43(32-13-4-3-5-14-32,34-21-25-36(48-2)26-22-34)50-29-31(28-45)12-10-11-27-44-42(46)49-30-41-39-17-8-6-15-37(39)38-16-7-9-18-40(38)41/h3-9,13-26,31,41,45H,10-12,27-30H2,1-2H3,(H,44,46)/t31-/m0/s1. The Morgan fingerprint density at radius 3 is 1.76 bits per heavy atom. The number of alkyl carbamates (subject to hydrolysis) is 1. The normalized spacial score (nSPS) is 12.9. The SMILES string of the molecule is COc1ccc(C(OC[C@H](CO)CCCCNC(=O)OCC2c3ccccc3-c3ccccc32)(c2ccccc2)c2ccc(OC)cc2)cc1. The molecule has 258 valence electrons. The Labute approximate surface area is 294 Å². The van der Waals surface area contributed by atoms with Crippen LogP contribution in [0.15, 0.2) is 127 Å². The first-order chi connectivity index (χ1) is 24.6. The molecule has 2 N–H and O–H groups in total. The molecule has 0 radical (unpaired) electrons. The number of carbonyl (C=O) groups is 1. The van der Waals surface area contributed by atoms with Gasteiger partial charge in [0.2, 0.25) is 0 Å². The van der Waals surface area contributed by atoms with Crippen LogP contribution in [0.4, 0.5) is 4.79 Å². The smallest absolute Gasteiger partial charge is 0.407 e. The molecule has 0 bridgehead atoms. The van der Waals surface area contributed by atoms with E-state index >= 15 is 0 Å². The van der Waals surface area contributed by atoms with Crippen LogP contribution in [0.3, 0.4) is 0 Å². The molecule has 0 aromatic heterocycles. The van der Waals surface area contributed by atoms with Crippen LogP contribution in [0, 0.1) is 5.92 Å². The minimum atomic E-state index is -0.946. The van der Waals surface area contributed by atoms with Crippen LogP contribution < -0.4 is 14.8 Å². The fourth-order valence-corrected chi connectivity index (χ4v) is 6.94. The van der Waals surface area contributed by atoms with Gasteiger partial charge in [0, 0.05) is 25.0 Å². The molecule has 6 rings (SSSR count). The van der Waals surface area contributed by atoms with Crippen LogP contribution in [0.25, 0.3) is 11.1 Å². The second-order valence-electron chi connectivity index (χ2n) is 12.6. The Balaban J connectivity index is 1.06. The van der Waals surface area contributed by atoms with Gasteiger partial charge in [0.15, 0.2) is 0 Å². The number of rotatable bonds is 16. The number of aliphatic hydroxyl groups is 1. The molecule has 0 unspecified atom stereocenters. The summed E-state index contributed by atoms with van der Waals surface area (Å²) in [6, 6.07) is 42.6. The van der Waals surface area contributed by atoms with Gasteiger partial charge in [-0.3, -0.25) is 0 Å². The largest absolute Gasteiger partial charge is 0.497 e. The van der Waals surface area contributed by atoms with Crippen LogP contribution in [0.1, 0.15) is 53.0 Å². The maximum Gasteiger partial charge on any atom is 0.407 e. The van der Waals surface area contributed by atoms with Crippen molar-refractivity contribution in [3.63, 3.8) is 0 Å². The van der Waals surface area contributed by atoms with Crippen LogP contribution in [0.5, 0.6) is 11.5 Å². The molecule has 7 nitrogen and oxygen atoms in total. The lowest BCUT2D eigenvalue weighted by Crippen LogP contribution is -2.35. The Kier molecular flexibility index (Phi) is 11.5. The summed E-state index contributed by atoms with van der Waals surface area (Å²) < 4.78 is 23.6. The zero-order valence-corrected chi connectivity index (χ0v) is 28.7. The lowest BCUT2D eigenvalue weighted by molar-refractivity contribution is -0.0205. The molecule has 0 aliphatic heterocycles. The molecule has 0 saturated carbocycles. The average molecular weight is 672 g/mol. The topological polar surface area (TPSA) is 86.2 Å². The van der Waals surface area contributed by atoms with E-state index in [4.69, 9.17) is 18.9 Å². The lowest BCUT2D eigenvalue weighted by atomic mass is 9.79. The summed E-state index contributed by atoms with van der Waals surface area (Å²) in [6.07, 6.45) is 1.88. The van der Waals surface area contributed by atoms with Crippen molar-refractivity contribution < 1.29 is 28.8 Å². The number of nitrogens with one attached hydrogen (secondary N) is 1. The maximum absolute atomic E-state index is 12.7. The van der Waals surface area contributed by atoms with Gasteiger partial charge in [-0.05, 0) is 76.1 Å². The van der Waals surface area contributed by atoms with Gasteiger partial charge in [0.1, 0.15) is 23.7 Å². The third-order valence-electron chi connectivity index (χ3n) is 9.62. The predicted octanol–water partition coefficient (Wildman–Crippen LogP) is 8.33. The molecule has 0 saturated heterocycles. The molecule has 7 heteroatoms. The van der Waals surface area contributed by atoms with Gasteiger partial charge in [0.05, 0.1) is 20.8 Å². The average Bonchev–Trinajstić information content (AvgIpc) is 3.50. The van der Waals surface area contributed by atoms with Crippen molar-refractivity contribution >= 4 is 6.09 Å². The summed E-state index contributed by atoms with van der Waals surface area (Å²) in [7, 11) is 3.30. The van der Waals surface area contributed by atoms with Crippen LogP contribution >= 0.6 is 0 Å². The van der Waals surface area contributed by atoms with Gasteiger partial charge in [-0.15, -0.1) is 0 Å². The van der Waals surface area contributed by atoms with E-state index in [1.165, 1.54) is 22.3 Å². The maximum atomic E-state index is 12.7. The molecule has 0 heterocycles. The quantitative estimate of drug-likeness (QED) is 0.0811. The highest BCUT2D eigenvalue weighted by atomic mass is 16.5. The van der Waals surface area contributed by atoms with E-state index in [9.17, 15) is 9.90 Å². The highest BCUT2D eigenvalue weighted by Crippen LogP contribution is 2.45. The van der Waals surface area contributed by atoms with Crippen molar-refractivity contribution in [1.82, 2.24) is 5.32 Å². The molecule has 5 aromatic rings. The first-order valence-electron chi connectivity index (χ1n) is 17.3. The first-order valence-corrected chi connectivity index (χ1v) is 17.3. The monoisotopic (exact) mass is 671 g/mol. The Morgan fingerprint density at radius 2 is 1.22 bits per heavy atom. The third-order valence-corrected chi connectivity index (χ3v) is 9.62. The predicted molar refractivity (Wildman–Crippen MR) is 196 cm³/mol. The summed E-state index contributed by atoms with van der Waals surface area (Å²) in [5.74, 6) is 1.43. The van der Waals surface area contributed by atoms with Gasteiger partial charge in [-0.1, -0.05) is 110 Å². The second-order valence-corrected chi connectivity index (χ2v) is 12.6. The number of carbonyl (C=O) groups excluding carboxylic acids is 1. The van der Waals surface area contributed by atoms with E-state index < -0.39 is 11.7 Å². The summed E-state index contributed by atoms with van der Waals surface area (Å²) >= 11 is 0. The van der Waals surface area contributed by atoms with Crippen LogP contribution in [-0.2, 0) is 15.1 Å². The van der Waals surface area contributed by atoms with E-state index in [1.54, 1.807) is 14.2 Å². The minimum Gasteiger partial charge on any atom is -0.497 e. The molecule has 1 aliphatic rings. The van der Waals surface area contributed by atoms with Gasteiger partial charge in [-0.2, -0.15) is 0 Å². The summed E-state index contributed by atoms with van der Waals surface area (Å²) in [5, 5.41) is 13.3. The van der Waals surface area contributed by atoms with Crippen LogP contribution in [0.2, 0.25) is 0 Å². The van der Waals surface area contributed by atoms with Crippen molar-refractivity contribution in [2.24, 2.45) is 5.92 Å². The molecule has 1 atom stereocenters. The zero-order chi connectivity index (χ0) is 34.8. The van der Waals surface area contributed by atoms with Crippen molar-refractivity contribution in [1.29, 1.82) is 0 Å². The van der Waals surface area contributed by atoms with E-state index in [2.05, 4.69) is 41.7 Å². The highest BCUT2D eigenvalue weighted by Gasteiger charge is 2.38. The fourth-order valence-electron chi connectivity index (χ4n) is 6.94. The number of hydrogen-bond acceptors (Lipinski definition) is 6. The van der Waals surface area contributed by atoms with Gasteiger partial charge in [-0.25, -0.2) is 4.79 Å². The minimum absolute atomic E-state index is 0.0180. The molecule has 5 aromatic carbocycles. The molecule has 1 amide bonds. The van der Waals surface area contributed by atoms with E-state index in [0.717, 1.165) is 47.5 Å². The summed E-state index contributed by atoms with van der Waals surface area (Å²) in [6.45, 7) is 1.08. The number of hydrogen-bond donors (Lipinski definition) is 2. The van der Waals surface area contributed by atoms with Crippen LogP contribution in [-0.4, -0.2) is 51.8 Å². The molecular weight excluding hydrogens is 626 g/mol. The van der Waals surface area contributed by atoms with Gasteiger partial charge >= 0.3 is 6.09 Å². The van der Waals surface area contributed by atoms with Crippen molar-refractivity contribution in [2.75, 3.05) is 40.6 Å². The molecule has 0 spiro atoms. The van der Waals surface area contributed by atoms with Crippen molar-refractivity contribution in [2.45, 2.75) is 30.8 Å². The summed E-state index contributed by atoms with van der Waals surface area (Å²) in [5.41, 5.74) is 6.69. The van der Waals surface area contributed by atoms with Crippen molar-refractivity contribution in [3.8, 4) is 22.6 Å². The lowest BCUT2D eigenvalue weighted by Gasteiger charge is -2.37. The highest BCUT2D eigenvalue weighted by molar-refractivity contribution is 5.79. The number of amides is 1. The van der Waals surface area contributed by atoms with Crippen molar-refractivity contribution in [3.05, 3.63) is 155 Å². The van der Waals surface area contributed by atoms with E-state index in [0.29, 0.717) is 13.2 Å². The number of ether oxygens (including phenoxy) is 4. The first kappa shape index (κ1) is 34.7. The van der Waals surface area contributed by atoms with E-state index in [1.807, 2.05) is 91.0 Å². The third kappa shape index (κ3) is 7.54. The Morgan fingerprint density at radius 1 is 0.700 bits per heavy atom. The number of aliphatic hydroxyl groups excluding tert-OH is 1.